The fourth-order valence-electron chi connectivity index (χ4n) is 1.28. The Kier molecular flexibility index (Phi) is 5.14. The summed E-state index contributed by atoms with van der Waals surface area (Å²) in [5.41, 5.74) is 0. The number of unbranched alkanes of at least 4 members (excludes halogenated alkanes) is 1. The second kappa shape index (κ2) is 6.15. The van der Waals surface area contributed by atoms with Gasteiger partial charge in [-0.1, -0.05) is 36.4 Å². The minimum Gasteiger partial charge on any atom is -0.315 e. The molecule has 0 bridgehead atoms. The van der Waals surface area contributed by atoms with E-state index < -0.39 is 7.14 Å². The van der Waals surface area contributed by atoms with Crippen LogP contribution in [0.4, 0.5) is 0 Å². The van der Waals surface area contributed by atoms with Gasteiger partial charge in [-0.15, -0.1) is 11.6 Å². The number of hydrogen-bond acceptors (Lipinski definition) is 1. The van der Waals surface area contributed by atoms with Gasteiger partial charge in [-0.05, 0) is 25.3 Å². The molecular weight excluding hydrogens is 227 g/mol. The molecule has 1 nitrogen and oxygen atoms in total. The lowest BCUT2D eigenvalue weighted by atomic mass is 10.3. The van der Waals surface area contributed by atoms with Gasteiger partial charge >= 0.3 is 0 Å². The third-order valence-corrected chi connectivity index (χ3v) is 4.53. The average Bonchev–Trinajstić information content (AvgIpc) is 2.26. The molecule has 82 valence electrons. The fraction of sp³-hybridized carbons (Fsp3) is 0.333. The summed E-state index contributed by atoms with van der Waals surface area (Å²) in [6, 6.07) is 9.58. The standard InChI is InChI=1S/C12H16ClOP/c1-15(14,11-7-3-6-10-13)12-8-4-2-5-9-12/h2,4-5,7-9,11H,3,6,10H2,1H3/b11-7+. The highest BCUT2D eigenvalue weighted by Gasteiger charge is 2.12. The van der Waals surface area contributed by atoms with Crippen molar-refractivity contribution in [3.63, 3.8) is 0 Å². The molecule has 1 aromatic carbocycles. The summed E-state index contributed by atoms with van der Waals surface area (Å²) < 4.78 is 12.3. The SMILES string of the molecule is CP(=O)(/C=C/CCCCl)c1ccccc1. The monoisotopic (exact) mass is 242 g/mol. The normalized spacial score (nSPS) is 15.3. The number of alkyl halides is 1. The zero-order valence-corrected chi connectivity index (χ0v) is 10.5. The van der Waals surface area contributed by atoms with Gasteiger partial charge in [0.15, 0.2) is 0 Å². The molecule has 0 amide bonds. The van der Waals surface area contributed by atoms with Gasteiger partial charge in [-0.3, -0.25) is 0 Å². The van der Waals surface area contributed by atoms with Crippen molar-refractivity contribution in [3.8, 4) is 0 Å². The van der Waals surface area contributed by atoms with Crippen LogP contribution in [0, 0.1) is 0 Å². The molecule has 1 atom stereocenters. The second-order valence-corrected chi connectivity index (χ2v) is 6.71. The van der Waals surface area contributed by atoms with Gasteiger partial charge in [0.2, 0.25) is 0 Å². The van der Waals surface area contributed by atoms with Gasteiger partial charge in [-0.2, -0.15) is 0 Å². The van der Waals surface area contributed by atoms with Crippen molar-refractivity contribution >= 4 is 24.0 Å². The van der Waals surface area contributed by atoms with Crippen LogP contribution < -0.4 is 5.30 Å². The summed E-state index contributed by atoms with van der Waals surface area (Å²) in [6.45, 7) is 1.79. The molecular formula is C12H16ClOP. The van der Waals surface area contributed by atoms with E-state index in [4.69, 9.17) is 11.6 Å². The van der Waals surface area contributed by atoms with Gasteiger partial charge < -0.3 is 4.57 Å². The molecule has 1 rings (SSSR count). The minimum absolute atomic E-state index is 0.656. The Bertz CT molecular complexity index is 359. The summed E-state index contributed by atoms with van der Waals surface area (Å²) in [4.78, 5) is 0. The first kappa shape index (κ1) is 12.5. The van der Waals surface area contributed by atoms with Crippen LogP contribution in [0.25, 0.3) is 0 Å². The molecule has 3 heteroatoms. The molecule has 0 spiro atoms. The lowest BCUT2D eigenvalue weighted by molar-refractivity contribution is 0.590. The zero-order valence-electron chi connectivity index (χ0n) is 8.90. The smallest absolute Gasteiger partial charge is 0.133 e. The van der Waals surface area contributed by atoms with E-state index in [-0.39, 0.29) is 0 Å². The Labute approximate surface area is 96.5 Å². The van der Waals surface area contributed by atoms with Gasteiger partial charge in [0, 0.05) is 11.2 Å². The van der Waals surface area contributed by atoms with E-state index in [1.54, 1.807) is 6.66 Å². The van der Waals surface area contributed by atoms with Crippen LogP contribution in [-0.4, -0.2) is 12.5 Å². The molecule has 0 saturated heterocycles. The predicted octanol–water partition coefficient (Wildman–Crippen LogP) is 3.84. The number of rotatable bonds is 5. The Hall–Kier alpha value is -0.520. The molecule has 0 fully saturated rings. The van der Waals surface area contributed by atoms with Crippen molar-refractivity contribution in [1.29, 1.82) is 0 Å². The van der Waals surface area contributed by atoms with Crippen molar-refractivity contribution in [2.24, 2.45) is 0 Å². The third kappa shape index (κ3) is 4.24. The molecule has 0 aliphatic carbocycles. The maximum absolute atomic E-state index is 12.3. The van der Waals surface area contributed by atoms with E-state index in [2.05, 4.69) is 0 Å². The first-order valence-corrected chi connectivity index (χ1v) is 7.79. The van der Waals surface area contributed by atoms with E-state index in [9.17, 15) is 4.57 Å². The van der Waals surface area contributed by atoms with Crippen LogP contribution in [0.1, 0.15) is 12.8 Å². The maximum atomic E-state index is 12.3. The van der Waals surface area contributed by atoms with Crippen molar-refractivity contribution in [1.82, 2.24) is 0 Å². The van der Waals surface area contributed by atoms with Gasteiger partial charge in [0.25, 0.3) is 0 Å². The molecule has 15 heavy (non-hydrogen) atoms. The third-order valence-electron chi connectivity index (χ3n) is 2.16. The number of benzene rings is 1. The van der Waals surface area contributed by atoms with Crippen molar-refractivity contribution in [2.45, 2.75) is 12.8 Å². The highest BCUT2D eigenvalue weighted by molar-refractivity contribution is 7.73. The van der Waals surface area contributed by atoms with Crippen LogP contribution in [0.2, 0.25) is 0 Å². The van der Waals surface area contributed by atoms with Crippen molar-refractivity contribution < 1.29 is 4.57 Å². The number of hydrogen-bond donors (Lipinski definition) is 0. The van der Waals surface area contributed by atoms with Crippen molar-refractivity contribution in [2.75, 3.05) is 12.5 Å². The Morgan fingerprint density at radius 3 is 2.60 bits per heavy atom. The minimum atomic E-state index is -2.31. The van der Waals surface area contributed by atoms with Crippen molar-refractivity contribution in [3.05, 3.63) is 42.2 Å². The van der Waals surface area contributed by atoms with Crippen LogP contribution in [0.15, 0.2) is 42.2 Å². The summed E-state index contributed by atoms with van der Waals surface area (Å²) in [5, 5.41) is 0.909. The van der Waals surface area contributed by atoms with Crippen LogP contribution in [0.5, 0.6) is 0 Å². The summed E-state index contributed by atoms with van der Waals surface area (Å²) in [7, 11) is -2.31. The van der Waals surface area contributed by atoms with E-state index in [0.29, 0.717) is 5.88 Å². The molecule has 0 radical (unpaired) electrons. The zero-order chi connectivity index (χ0) is 11.1. The van der Waals surface area contributed by atoms with E-state index in [1.165, 1.54) is 0 Å². The van der Waals surface area contributed by atoms with Gasteiger partial charge in [0.1, 0.15) is 7.14 Å². The summed E-state index contributed by atoms with van der Waals surface area (Å²) in [6.07, 6.45) is 3.80. The number of allylic oxidation sites excluding steroid dienone is 1. The van der Waals surface area contributed by atoms with E-state index in [0.717, 1.165) is 18.1 Å². The predicted molar refractivity (Wildman–Crippen MR) is 68.7 cm³/mol. The maximum Gasteiger partial charge on any atom is 0.133 e. The molecule has 0 aliphatic heterocycles. The summed E-state index contributed by atoms with van der Waals surface area (Å²) >= 11 is 5.57. The lowest BCUT2D eigenvalue weighted by Gasteiger charge is -2.07. The number of halogens is 1. The van der Waals surface area contributed by atoms with E-state index >= 15 is 0 Å². The second-order valence-electron chi connectivity index (χ2n) is 3.54. The first-order valence-electron chi connectivity index (χ1n) is 5.03. The first-order chi connectivity index (χ1) is 7.17. The highest BCUT2D eigenvalue weighted by atomic mass is 35.5. The molecule has 0 N–H and O–H groups in total. The van der Waals surface area contributed by atoms with Crippen LogP contribution >= 0.6 is 18.7 Å². The quantitative estimate of drug-likeness (QED) is 0.436. The van der Waals surface area contributed by atoms with Gasteiger partial charge in [-0.25, -0.2) is 0 Å². The Balaban J connectivity index is 2.68. The largest absolute Gasteiger partial charge is 0.315 e. The molecule has 1 aromatic rings. The Morgan fingerprint density at radius 2 is 2.00 bits per heavy atom. The van der Waals surface area contributed by atoms with Crippen LogP contribution in [-0.2, 0) is 4.57 Å². The molecule has 0 heterocycles. The average molecular weight is 243 g/mol. The lowest BCUT2D eigenvalue weighted by Crippen LogP contribution is -1.99. The molecule has 0 saturated carbocycles. The highest BCUT2D eigenvalue weighted by Crippen LogP contribution is 2.41. The molecule has 0 aliphatic rings. The summed E-state index contributed by atoms with van der Waals surface area (Å²) in [5.74, 6) is 2.48. The van der Waals surface area contributed by atoms with E-state index in [1.807, 2.05) is 42.2 Å². The van der Waals surface area contributed by atoms with Gasteiger partial charge in [0.05, 0.1) is 0 Å². The molecule has 0 aromatic heterocycles. The topological polar surface area (TPSA) is 17.1 Å². The van der Waals surface area contributed by atoms with Crippen LogP contribution in [0.3, 0.4) is 0 Å². The Morgan fingerprint density at radius 1 is 1.33 bits per heavy atom. The molecule has 1 unspecified atom stereocenters. The fourth-order valence-corrected chi connectivity index (χ4v) is 2.92.